The molecule has 0 heterocycles. The number of halogens is 1. The largest absolute Gasteiger partial charge is 0.480 e. The van der Waals surface area contributed by atoms with Gasteiger partial charge >= 0.3 is 5.97 Å². The van der Waals surface area contributed by atoms with Gasteiger partial charge in [0, 0.05) is 11.1 Å². The van der Waals surface area contributed by atoms with Crippen molar-refractivity contribution in [3.8, 4) is 0 Å². The predicted octanol–water partition coefficient (Wildman–Crippen LogP) is 3.40. The second-order valence-corrected chi connectivity index (χ2v) is 6.65. The Bertz CT molecular complexity index is 672. The average molecular weight is 355 g/mol. The third-order valence-electron chi connectivity index (χ3n) is 4.64. The molecule has 8 heteroatoms. The molecule has 0 radical (unpaired) electrons. The molecule has 1 saturated carbocycles. The van der Waals surface area contributed by atoms with Crippen LogP contribution >= 0.6 is 11.6 Å². The van der Waals surface area contributed by atoms with Crippen LogP contribution in [0.1, 0.15) is 49.4 Å². The maximum absolute atomic E-state index is 12.5. The normalized spacial score (nSPS) is 17.8. The summed E-state index contributed by atoms with van der Waals surface area (Å²) < 4.78 is 0. The quantitative estimate of drug-likeness (QED) is 0.622. The van der Waals surface area contributed by atoms with Crippen molar-refractivity contribution in [1.82, 2.24) is 5.32 Å². The van der Waals surface area contributed by atoms with E-state index in [-0.39, 0.29) is 16.5 Å². The summed E-state index contributed by atoms with van der Waals surface area (Å²) in [6.45, 7) is 1.46. The van der Waals surface area contributed by atoms with Crippen molar-refractivity contribution in [2.75, 3.05) is 0 Å². The fraction of sp³-hybridized carbons (Fsp3) is 0.500. The minimum absolute atomic E-state index is 0.131. The third-order valence-corrected chi connectivity index (χ3v) is 4.88. The van der Waals surface area contributed by atoms with Gasteiger partial charge in [0.05, 0.1) is 4.92 Å². The number of amides is 1. The van der Waals surface area contributed by atoms with Crippen molar-refractivity contribution >= 4 is 29.2 Å². The van der Waals surface area contributed by atoms with Gasteiger partial charge in [-0.25, -0.2) is 4.79 Å². The predicted molar refractivity (Wildman–Crippen MR) is 88.2 cm³/mol. The zero-order chi connectivity index (χ0) is 17.9. The lowest BCUT2D eigenvalue weighted by molar-refractivity contribution is -0.385. The first-order valence-electron chi connectivity index (χ1n) is 7.75. The molecule has 130 valence electrons. The summed E-state index contributed by atoms with van der Waals surface area (Å²) in [7, 11) is 0. The number of carboxylic acids is 1. The highest BCUT2D eigenvalue weighted by Gasteiger charge is 2.43. The molecule has 1 atom stereocenters. The fourth-order valence-electron chi connectivity index (χ4n) is 3.16. The Hall–Kier alpha value is -2.15. The molecular formula is C16H19ClN2O5. The Balaban J connectivity index is 2.32. The Morgan fingerprint density at radius 1 is 1.33 bits per heavy atom. The van der Waals surface area contributed by atoms with Gasteiger partial charge in [0.1, 0.15) is 11.1 Å². The number of nitro benzene ring substituents is 1. The van der Waals surface area contributed by atoms with Crippen LogP contribution in [-0.2, 0) is 4.79 Å². The van der Waals surface area contributed by atoms with Crippen LogP contribution in [0.3, 0.4) is 0 Å². The van der Waals surface area contributed by atoms with Crippen LogP contribution in [0.4, 0.5) is 5.69 Å². The molecule has 0 aromatic heterocycles. The number of hydrogen-bond acceptors (Lipinski definition) is 4. The maximum atomic E-state index is 12.5. The fourth-order valence-corrected chi connectivity index (χ4v) is 3.33. The van der Waals surface area contributed by atoms with Crippen LogP contribution in [0.15, 0.2) is 18.2 Å². The number of carbonyl (C=O) groups is 2. The highest BCUT2D eigenvalue weighted by molar-refractivity contribution is 6.31. The molecule has 2 rings (SSSR count). The molecule has 1 aliphatic rings. The highest BCUT2D eigenvalue weighted by Crippen LogP contribution is 2.33. The van der Waals surface area contributed by atoms with E-state index in [9.17, 15) is 24.8 Å². The van der Waals surface area contributed by atoms with Gasteiger partial charge in [-0.05, 0) is 37.8 Å². The van der Waals surface area contributed by atoms with Gasteiger partial charge in [-0.3, -0.25) is 14.9 Å². The van der Waals surface area contributed by atoms with Crippen LogP contribution in [0.5, 0.6) is 0 Å². The second-order valence-electron chi connectivity index (χ2n) is 6.22. The first-order chi connectivity index (χ1) is 11.3. The summed E-state index contributed by atoms with van der Waals surface area (Å²) in [6, 6.07) is 3.68. The maximum Gasteiger partial charge on any atom is 0.329 e. The molecule has 0 saturated heterocycles. The van der Waals surface area contributed by atoms with Crippen molar-refractivity contribution in [1.29, 1.82) is 0 Å². The van der Waals surface area contributed by atoms with Crippen LogP contribution in [0.25, 0.3) is 0 Å². The lowest BCUT2D eigenvalue weighted by Crippen LogP contribution is -2.57. The van der Waals surface area contributed by atoms with E-state index in [4.69, 9.17) is 11.6 Å². The highest BCUT2D eigenvalue weighted by atomic mass is 35.5. The first-order valence-corrected chi connectivity index (χ1v) is 8.13. The zero-order valence-corrected chi connectivity index (χ0v) is 14.0. The topological polar surface area (TPSA) is 110 Å². The minimum atomic E-state index is -1.47. The van der Waals surface area contributed by atoms with E-state index in [1.165, 1.54) is 19.1 Å². The van der Waals surface area contributed by atoms with Crippen LogP contribution in [0.2, 0.25) is 5.02 Å². The molecular weight excluding hydrogens is 336 g/mol. The van der Waals surface area contributed by atoms with Gasteiger partial charge < -0.3 is 10.4 Å². The van der Waals surface area contributed by atoms with Crippen molar-refractivity contribution in [2.45, 2.75) is 44.6 Å². The van der Waals surface area contributed by atoms with Gasteiger partial charge in [-0.15, -0.1) is 0 Å². The van der Waals surface area contributed by atoms with Crippen LogP contribution < -0.4 is 5.32 Å². The molecule has 24 heavy (non-hydrogen) atoms. The number of carbonyl (C=O) groups excluding carboxylic acids is 1. The molecule has 2 N–H and O–H groups in total. The summed E-state index contributed by atoms with van der Waals surface area (Å²) in [5.41, 5.74) is -2.12. The van der Waals surface area contributed by atoms with E-state index < -0.39 is 28.0 Å². The van der Waals surface area contributed by atoms with Crippen molar-refractivity contribution in [2.24, 2.45) is 5.92 Å². The van der Waals surface area contributed by atoms with E-state index in [1.54, 1.807) is 0 Å². The Kier molecular flexibility index (Phi) is 5.43. The number of benzene rings is 1. The molecule has 0 bridgehead atoms. The summed E-state index contributed by atoms with van der Waals surface area (Å²) in [6.07, 6.45) is 4.26. The lowest BCUT2D eigenvalue weighted by atomic mass is 9.75. The van der Waals surface area contributed by atoms with E-state index in [0.29, 0.717) is 12.8 Å². The standard InChI is InChI=1S/C16H19ClN2O5/c1-16(15(21)22,10-5-3-2-4-6-10)18-14(20)12-8-7-11(17)9-13(12)19(23)24/h7-10H,2-6H2,1H3,(H,18,20)(H,21,22)/t16-/m0/s1. The van der Waals surface area contributed by atoms with Gasteiger partial charge in [0.2, 0.25) is 0 Å². The van der Waals surface area contributed by atoms with Crippen molar-refractivity contribution < 1.29 is 19.6 Å². The molecule has 0 spiro atoms. The molecule has 7 nitrogen and oxygen atoms in total. The van der Waals surface area contributed by atoms with E-state index in [1.807, 2.05) is 0 Å². The van der Waals surface area contributed by atoms with Gasteiger partial charge in [-0.2, -0.15) is 0 Å². The number of nitrogens with one attached hydrogen (secondary N) is 1. The number of nitro groups is 1. The SMILES string of the molecule is C[C@@](NC(=O)c1ccc(Cl)cc1[N+](=O)[O-])(C(=O)O)C1CCCCC1. The second kappa shape index (κ2) is 7.17. The summed E-state index contributed by atoms with van der Waals surface area (Å²) in [4.78, 5) is 34.7. The van der Waals surface area contributed by atoms with Crippen molar-refractivity contribution in [3.05, 3.63) is 38.9 Å². The molecule has 1 aromatic rings. The number of aliphatic carboxylic acids is 1. The molecule has 0 aliphatic heterocycles. The molecule has 1 aromatic carbocycles. The van der Waals surface area contributed by atoms with E-state index in [0.717, 1.165) is 25.3 Å². The molecule has 0 unspecified atom stereocenters. The summed E-state index contributed by atoms with van der Waals surface area (Å²) in [5, 5.41) is 23.4. The Labute approximate surface area is 144 Å². The van der Waals surface area contributed by atoms with E-state index >= 15 is 0 Å². The minimum Gasteiger partial charge on any atom is -0.480 e. The van der Waals surface area contributed by atoms with Crippen molar-refractivity contribution in [3.63, 3.8) is 0 Å². The van der Waals surface area contributed by atoms with Gasteiger partial charge in [0.15, 0.2) is 0 Å². The molecule has 1 fully saturated rings. The summed E-state index contributed by atoms with van der Waals surface area (Å²) in [5.74, 6) is -2.13. The Morgan fingerprint density at radius 2 is 1.96 bits per heavy atom. The first kappa shape index (κ1) is 18.2. The molecule has 1 amide bonds. The lowest BCUT2D eigenvalue weighted by Gasteiger charge is -2.37. The summed E-state index contributed by atoms with van der Waals surface area (Å²) >= 11 is 5.74. The molecule has 1 aliphatic carbocycles. The average Bonchev–Trinajstić information content (AvgIpc) is 2.55. The monoisotopic (exact) mass is 354 g/mol. The number of hydrogen-bond donors (Lipinski definition) is 2. The van der Waals surface area contributed by atoms with Crippen LogP contribution in [0, 0.1) is 16.0 Å². The number of carboxylic acid groups (broad SMARTS) is 1. The number of rotatable bonds is 5. The van der Waals surface area contributed by atoms with Crippen LogP contribution in [-0.4, -0.2) is 27.4 Å². The third kappa shape index (κ3) is 3.67. The van der Waals surface area contributed by atoms with Gasteiger partial charge in [0.25, 0.3) is 11.6 Å². The van der Waals surface area contributed by atoms with Gasteiger partial charge in [-0.1, -0.05) is 30.9 Å². The smallest absolute Gasteiger partial charge is 0.329 e. The zero-order valence-electron chi connectivity index (χ0n) is 13.3. The number of nitrogens with zero attached hydrogens (tertiary/aromatic N) is 1. The van der Waals surface area contributed by atoms with E-state index in [2.05, 4.69) is 5.32 Å². The Morgan fingerprint density at radius 3 is 2.50 bits per heavy atom.